The van der Waals surface area contributed by atoms with Crippen molar-refractivity contribution in [1.82, 2.24) is 5.32 Å². The Morgan fingerprint density at radius 1 is 0.853 bits per heavy atom. The minimum Gasteiger partial charge on any atom is -0.403 e. The molecule has 5 heteroatoms. The Balaban J connectivity index is 2.38. The molecule has 0 bridgehead atoms. The van der Waals surface area contributed by atoms with Gasteiger partial charge in [0.05, 0.1) is 0 Å². The van der Waals surface area contributed by atoms with Gasteiger partial charge in [0.25, 0.3) is 5.91 Å². The summed E-state index contributed by atoms with van der Waals surface area (Å²) in [6, 6.07) is 17.7. The highest BCUT2D eigenvalue weighted by molar-refractivity contribution is 6.74. The molecular formula is C29H43NO3Si. The Labute approximate surface area is 207 Å². The van der Waals surface area contributed by atoms with Gasteiger partial charge in [0.2, 0.25) is 0 Å². The molecule has 0 aromatic heterocycles. The number of nitrogens with one attached hydrogen (secondary N) is 1. The molecule has 2 atom stereocenters. The van der Waals surface area contributed by atoms with E-state index in [4.69, 9.17) is 4.43 Å². The molecule has 0 fully saturated rings. The first-order chi connectivity index (χ1) is 15.6. The number of carbonyl (C=O) groups excluding carboxylic acids is 2. The summed E-state index contributed by atoms with van der Waals surface area (Å²) >= 11 is 0. The van der Waals surface area contributed by atoms with Gasteiger partial charge < -0.3 is 9.74 Å². The molecule has 2 aromatic carbocycles. The van der Waals surface area contributed by atoms with E-state index >= 15 is 0 Å². The molecule has 0 aliphatic rings. The van der Waals surface area contributed by atoms with Gasteiger partial charge in [-0.15, -0.1) is 0 Å². The van der Waals surface area contributed by atoms with Gasteiger partial charge in [0.1, 0.15) is 5.60 Å². The van der Waals surface area contributed by atoms with E-state index in [9.17, 15) is 9.59 Å². The molecule has 2 rings (SSSR count). The highest BCUT2D eigenvalue weighted by atomic mass is 28.4. The molecular weight excluding hydrogens is 438 g/mol. The normalized spacial score (nSPS) is 14.6. The summed E-state index contributed by atoms with van der Waals surface area (Å²) in [6.07, 6.45) is 0. The fourth-order valence-electron chi connectivity index (χ4n) is 3.95. The summed E-state index contributed by atoms with van der Waals surface area (Å²) in [7, 11) is -2.14. The Morgan fingerprint density at radius 3 is 1.94 bits per heavy atom. The summed E-state index contributed by atoms with van der Waals surface area (Å²) in [5, 5.41) is 3.24. The van der Waals surface area contributed by atoms with Gasteiger partial charge in [0.15, 0.2) is 14.1 Å². The second-order valence-electron chi connectivity index (χ2n) is 11.7. The van der Waals surface area contributed by atoms with E-state index in [1.807, 2.05) is 77.1 Å². The molecule has 0 aliphatic heterocycles. The minimum atomic E-state index is -2.14. The van der Waals surface area contributed by atoms with Crippen LogP contribution in [0, 0.1) is 5.92 Å². The van der Waals surface area contributed by atoms with E-state index in [2.05, 4.69) is 51.3 Å². The van der Waals surface area contributed by atoms with Gasteiger partial charge in [-0.2, -0.15) is 0 Å². The highest BCUT2D eigenvalue weighted by Crippen LogP contribution is 2.39. The van der Waals surface area contributed by atoms with Crippen molar-refractivity contribution in [2.45, 2.75) is 91.1 Å². The highest BCUT2D eigenvalue weighted by Gasteiger charge is 2.44. The summed E-state index contributed by atoms with van der Waals surface area (Å²) in [5.74, 6) is -0.181. The van der Waals surface area contributed by atoms with E-state index in [0.717, 1.165) is 11.1 Å². The van der Waals surface area contributed by atoms with Crippen LogP contribution in [0.15, 0.2) is 54.6 Å². The topological polar surface area (TPSA) is 55.4 Å². The molecule has 1 N–H and O–H groups in total. The van der Waals surface area contributed by atoms with Gasteiger partial charge in [-0.25, -0.2) is 0 Å². The lowest BCUT2D eigenvalue weighted by molar-refractivity contribution is -0.135. The van der Waals surface area contributed by atoms with E-state index in [1.165, 1.54) is 0 Å². The molecule has 0 aliphatic carbocycles. The van der Waals surface area contributed by atoms with E-state index in [-0.39, 0.29) is 34.6 Å². The maximum absolute atomic E-state index is 13.4. The first-order valence-corrected chi connectivity index (χ1v) is 15.2. The number of rotatable bonds is 9. The van der Waals surface area contributed by atoms with Crippen molar-refractivity contribution in [2.75, 3.05) is 0 Å². The van der Waals surface area contributed by atoms with Gasteiger partial charge in [-0.05, 0) is 56.1 Å². The van der Waals surface area contributed by atoms with Crippen molar-refractivity contribution in [3.8, 4) is 0 Å². The maximum Gasteiger partial charge on any atom is 0.250 e. The Bertz CT molecular complexity index is 990. The molecule has 2 aromatic rings. The van der Waals surface area contributed by atoms with Crippen molar-refractivity contribution in [2.24, 2.45) is 5.92 Å². The molecule has 0 saturated heterocycles. The molecule has 0 spiro atoms. The zero-order valence-corrected chi connectivity index (χ0v) is 23.7. The maximum atomic E-state index is 13.4. The van der Waals surface area contributed by atoms with E-state index < -0.39 is 13.9 Å². The lowest BCUT2D eigenvalue weighted by atomic mass is 9.84. The summed E-state index contributed by atoms with van der Waals surface area (Å²) in [4.78, 5) is 26.1. The van der Waals surface area contributed by atoms with Crippen LogP contribution in [0.2, 0.25) is 18.1 Å². The van der Waals surface area contributed by atoms with E-state index in [1.54, 1.807) is 0 Å². The standard InChI is InChI=1S/C29H43NO3Si/c1-20(2)26(31)24-18-14-17-23(19-24)25(22-15-12-11-13-16-22)21(3)30-27(32)29(7,8)33-34(9,10)28(4,5)6/h11-21,25H,1-10H3,(H,30,32). The Kier molecular flexibility index (Phi) is 8.70. The molecule has 2 unspecified atom stereocenters. The monoisotopic (exact) mass is 481 g/mol. The quantitative estimate of drug-likeness (QED) is 0.311. The van der Waals surface area contributed by atoms with Crippen LogP contribution in [0.4, 0.5) is 0 Å². The SMILES string of the molecule is CC(C)C(=O)c1cccc(C(c2ccccc2)C(C)NC(=O)C(C)(C)O[Si](C)(C)C(C)(C)C)c1. The molecule has 34 heavy (non-hydrogen) atoms. The van der Waals surface area contributed by atoms with Crippen LogP contribution < -0.4 is 5.32 Å². The number of carbonyl (C=O) groups is 2. The first-order valence-electron chi connectivity index (χ1n) is 12.3. The fourth-order valence-corrected chi connectivity index (χ4v) is 5.62. The molecule has 0 heterocycles. The molecule has 186 valence electrons. The van der Waals surface area contributed by atoms with Crippen molar-refractivity contribution < 1.29 is 14.0 Å². The zero-order chi connectivity index (χ0) is 25.9. The van der Waals surface area contributed by atoms with Crippen LogP contribution >= 0.6 is 0 Å². The third-order valence-corrected chi connectivity index (χ3v) is 11.6. The average Bonchev–Trinajstić information content (AvgIpc) is 2.72. The van der Waals surface area contributed by atoms with Gasteiger partial charge in [-0.1, -0.05) is 83.1 Å². The zero-order valence-electron chi connectivity index (χ0n) is 22.7. The van der Waals surface area contributed by atoms with Gasteiger partial charge in [-0.3, -0.25) is 9.59 Å². The third-order valence-electron chi connectivity index (χ3n) is 6.94. The summed E-state index contributed by atoms with van der Waals surface area (Å²) in [6.45, 7) is 20.4. The van der Waals surface area contributed by atoms with Crippen molar-refractivity contribution in [3.63, 3.8) is 0 Å². The van der Waals surface area contributed by atoms with Crippen LogP contribution in [0.25, 0.3) is 0 Å². The largest absolute Gasteiger partial charge is 0.403 e. The first kappa shape index (κ1) is 28.0. The molecule has 0 saturated carbocycles. The number of hydrogen-bond donors (Lipinski definition) is 1. The molecule has 0 radical (unpaired) electrons. The van der Waals surface area contributed by atoms with E-state index in [0.29, 0.717) is 5.56 Å². The van der Waals surface area contributed by atoms with Gasteiger partial charge >= 0.3 is 0 Å². The Morgan fingerprint density at radius 2 is 1.41 bits per heavy atom. The van der Waals surface area contributed by atoms with Crippen molar-refractivity contribution in [3.05, 3.63) is 71.3 Å². The fraction of sp³-hybridized carbons (Fsp3) is 0.517. The van der Waals surface area contributed by atoms with Gasteiger partial charge in [0, 0.05) is 23.4 Å². The predicted octanol–water partition coefficient (Wildman–Crippen LogP) is 6.96. The third kappa shape index (κ3) is 6.67. The van der Waals surface area contributed by atoms with Crippen molar-refractivity contribution >= 4 is 20.0 Å². The van der Waals surface area contributed by atoms with Crippen LogP contribution in [0.3, 0.4) is 0 Å². The van der Waals surface area contributed by atoms with Crippen LogP contribution in [0.1, 0.15) is 82.8 Å². The number of hydrogen-bond acceptors (Lipinski definition) is 3. The summed E-state index contributed by atoms with van der Waals surface area (Å²) in [5.41, 5.74) is 1.85. The number of benzene rings is 2. The average molecular weight is 482 g/mol. The Hall–Kier alpha value is -2.24. The second kappa shape index (κ2) is 10.6. The number of ketones is 1. The molecule has 1 amide bonds. The summed E-state index contributed by atoms with van der Waals surface area (Å²) < 4.78 is 6.50. The predicted molar refractivity (Wildman–Crippen MR) is 144 cm³/mol. The van der Waals surface area contributed by atoms with Crippen molar-refractivity contribution in [1.29, 1.82) is 0 Å². The lowest BCUT2D eigenvalue weighted by Gasteiger charge is -2.42. The lowest BCUT2D eigenvalue weighted by Crippen LogP contribution is -2.55. The van der Waals surface area contributed by atoms with Crippen LogP contribution in [-0.2, 0) is 9.22 Å². The smallest absolute Gasteiger partial charge is 0.250 e. The van der Waals surface area contributed by atoms with Crippen LogP contribution in [-0.4, -0.2) is 31.7 Å². The number of Topliss-reactive ketones (excluding diaryl/α,β-unsaturated/α-hetero) is 1. The minimum absolute atomic E-state index is 0.00608. The molecule has 4 nitrogen and oxygen atoms in total. The number of amides is 1. The van der Waals surface area contributed by atoms with Crippen LogP contribution in [0.5, 0.6) is 0 Å². The second-order valence-corrected chi connectivity index (χ2v) is 16.4.